The van der Waals surface area contributed by atoms with Crippen LogP contribution in [-0.4, -0.2) is 23.0 Å². The smallest absolute Gasteiger partial charge is 0.269 e. The van der Waals surface area contributed by atoms with Crippen LogP contribution >= 0.6 is 12.2 Å². The molecule has 122 valence electrons. The molecule has 6 nitrogen and oxygen atoms in total. The minimum Gasteiger partial charge on any atom is -0.322 e. The molecule has 0 spiro atoms. The Hall–Kier alpha value is -3.06. The summed E-state index contributed by atoms with van der Waals surface area (Å²) in [5.74, 6) is -0.374. The second kappa shape index (κ2) is 7.98. The quantitative estimate of drug-likeness (QED) is 0.400. The van der Waals surface area contributed by atoms with E-state index in [0.717, 1.165) is 5.69 Å². The molecule has 0 aliphatic rings. The van der Waals surface area contributed by atoms with Crippen molar-refractivity contribution < 1.29 is 9.72 Å². The Kier molecular flexibility index (Phi) is 5.75. The molecule has 0 aliphatic heterocycles. The van der Waals surface area contributed by atoms with E-state index in [4.69, 9.17) is 12.2 Å². The van der Waals surface area contributed by atoms with Crippen molar-refractivity contribution >= 4 is 40.7 Å². The molecule has 0 heterocycles. The number of nitro groups is 1. The summed E-state index contributed by atoms with van der Waals surface area (Å²) in [5.41, 5.74) is 1.54. The van der Waals surface area contributed by atoms with Crippen molar-refractivity contribution in [3.05, 3.63) is 76.4 Å². The summed E-state index contributed by atoms with van der Waals surface area (Å²) in [6.45, 7) is 0. The van der Waals surface area contributed by atoms with Gasteiger partial charge in [0.25, 0.3) is 5.69 Å². The lowest BCUT2D eigenvalue weighted by Gasteiger charge is -2.19. The number of rotatable bonds is 4. The van der Waals surface area contributed by atoms with Gasteiger partial charge in [-0.15, -0.1) is 0 Å². The van der Waals surface area contributed by atoms with Crippen molar-refractivity contribution in [2.45, 2.75) is 0 Å². The van der Waals surface area contributed by atoms with Crippen LogP contribution in [0.5, 0.6) is 0 Å². The standard InChI is InChI=1S/C17H15N3O3S/c1-19(14-5-3-2-4-6-14)17(24)18-16(21)12-9-13-7-10-15(11-8-13)20(22)23/h2-12H,1H3,(H,18,21,24)/b12-9+. The highest BCUT2D eigenvalue weighted by molar-refractivity contribution is 7.80. The van der Waals surface area contributed by atoms with Crippen LogP contribution in [0.1, 0.15) is 5.56 Å². The molecule has 1 N–H and O–H groups in total. The van der Waals surface area contributed by atoms with Crippen LogP contribution in [0.15, 0.2) is 60.7 Å². The van der Waals surface area contributed by atoms with E-state index >= 15 is 0 Å². The maximum absolute atomic E-state index is 11.9. The maximum atomic E-state index is 11.9. The predicted octanol–water partition coefficient (Wildman–Crippen LogP) is 3.15. The van der Waals surface area contributed by atoms with E-state index in [1.165, 1.54) is 18.2 Å². The van der Waals surface area contributed by atoms with Crippen molar-refractivity contribution in [1.29, 1.82) is 0 Å². The van der Waals surface area contributed by atoms with Gasteiger partial charge >= 0.3 is 0 Å². The number of carbonyl (C=O) groups excluding carboxylic acids is 1. The molecule has 1 amide bonds. The number of hydrogen-bond donors (Lipinski definition) is 1. The highest BCUT2D eigenvalue weighted by Gasteiger charge is 2.08. The molecule has 0 aromatic heterocycles. The van der Waals surface area contributed by atoms with Gasteiger partial charge in [0.1, 0.15) is 0 Å². The molecule has 0 radical (unpaired) electrons. The Balaban J connectivity index is 1.94. The monoisotopic (exact) mass is 341 g/mol. The van der Waals surface area contributed by atoms with Gasteiger partial charge in [-0.1, -0.05) is 18.2 Å². The molecule has 0 aliphatic carbocycles. The van der Waals surface area contributed by atoms with Gasteiger partial charge in [0.05, 0.1) is 4.92 Å². The number of carbonyl (C=O) groups is 1. The fourth-order valence-electron chi connectivity index (χ4n) is 1.88. The van der Waals surface area contributed by atoms with Crippen molar-refractivity contribution in [1.82, 2.24) is 5.32 Å². The van der Waals surface area contributed by atoms with Crippen molar-refractivity contribution in [3.63, 3.8) is 0 Å². The van der Waals surface area contributed by atoms with E-state index in [0.29, 0.717) is 5.56 Å². The topological polar surface area (TPSA) is 75.5 Å². The Morgan fingerprint density at radius 3 is 2.38 bits per heavy atom. The zero-order chi connectivity index (χ0) is 17.5. The molecule has 0 fully saturated rings. The van der Waals surface area contributed by atoms with Gasteiger partial charge in [-0.2, -0.15) is 0 Å². The van der Waals surface area contributed by atoms with Crippen LogP contribution in [0.4, 0.5) is 11.4 Å². The van der Waals surface area contributed by atoms with Crippen LogP contribution in [-0.2, 0) is 4.79 Å². The summed E-state index contributed by atoms with van der Waals surface area (Å²) in [6, 6.07) is 15.3. The lowest BCUT2D eigenvalue weighted by atomic mass is 10.2. The van der Waals surface area contributed by atoms with Gasteiger partial charge in [-0.05, 0) is 48.1 Å². The normalized spacial score (nSPS) is 10.4. The number of anilines is 1. The van der Waals surface area contributed by atoms with Crippen molar-refractivity contribution in [3.8, 4) is 0 Å². The van der Waals surface area contributed by atoms with Crippen LogP contribution in [0.3, 0.4) is 0 Å². The zero-order valence-corrected chi connectivity index (χ0v) is 13.7. The fraction of sp³-hybridized carbons (Fsp3) is 0.0588. The van der Waals surface area contributed by atoms with Crippen LogP contribution < -0.4 is 10.2 Å². The van der Waals surface area contributed by atoms with Gasteiger partial charge in [0, 0.05) is 30.9 Å². The minimum absolute atomic E-state index is 0.00210. The maximum Gasteiger partial charge on any atom is 0.269 e. The van der Waals surface area contributed by atoms with E-state index in [-0.39, 0.29) is 16.7 Å². The summed E-state index contributed by atoms with van der Waals surface area (Å²) in [7, 11) is 1.76. The zero-order valence-electron chi connectivity index (χ0n) is 12.9. The van der Waals surface area contributed by atoms with Gasteiger partial charge in [-0.25, -0.2) is 0 Å². The van der Waals surface area contributed by atoms with Gasteiger partial charge in [-0.3, -0.25) is 20.2 Å². The van der Waals surface area contributed by atoms with E-state index in [1.54, 1.807) is 30.2 Å². The van der Waals surface area contributed by atoms with Crippen molar-refractivity contribution in [2.75, 3.05) is 11.9 Å². The number of para-hydroxylation sites is 1. The molecular formula is C17H15N3O3S. The average Bonchev–Trinajstić information content (AvgIpc) is 2.60. The molecular weight excluding hydrogens is 326 g/mol. The molecule has 0 atom stereocenters. The van der Waals surface area contributed by atoms with Gasteiger partial charge in [0.2, 0.25) is 5.91 Å². The molecule has 0 saturated carbocycles. The Morgan fingerprint density at radius 1 is 1.17 bits per heavy atom. The second-order valence-corrected chi connectivity index (χ2v) is 5.26. The molecule has 2 rings (SSSR count). The molecule has 2 aromatic rings. The Labute approximate surface area is 144 Å². The summed E-state index contributed by atoms with van der Waals surface area (Å²) < 4.78 is 0. The number of thiocarbonyl (C=S) groups is 1. The first-order valence-corrected chi connectivity index (χ1v) is 7.44. The third-order valence-corrected chi connectivity index (χ3v) is 3.59. The molecule has 2 aromatic carbocycles. The first kappa shape index (κ1) is 17.3. The lowest BCUT2D eigenvalue weighted by molar-refractivity contribution is -0.384. The number of amides is 1. The third-order valence-electron chi connectivity index (χ3n) is 3.21. The first-order valence-electron chi connectivity index (χ1n) is 7.03. The number of benzene rings is 2. The van der Waals surface area contributed by atoms with Gasteiger partial charge in [0.15, 0.2) is 5.11 Å². The van der Waals surface area contributed by atoms with E-state index in [1.807, 2.05) is 30.3 Å². The number of nitrogens with zero attached hydrogens (tertiary/aromatic N) is 2. The summed E-state index contributed by atoms with van der Waals surface area (Å²) in [5, 5.41) is 13.5. The third kappa shape index (κ3) is 4.72. The van der Waals surface area contributed by atoms with Gasteiger partial charge < -0.3 is 4.90 Å². The minimum atomic E-state index is -0.474. The number of non-ortho nitro benzene ring substituents is 1. The highest BCUT2D eigenvalue weighted by Crippen LogP contribution is 2.13. The van der Waals surface area contributed by atoms with Crippen LogP contribution in [0.25, 0.3) is 6.08 Å². The predicted molar refractivity (Wildman–Crippen MR) is 97.7 cm³/mol. The van der Waals surface area contributed by atoms with Crippen molar-refractivity contribution in [2.24, 2.45) is 0 Å². The second-order valence-electron chi connectivity index (χ2n) is 4.87. The molecule has 0 saturated heterocycles. The SMILES string of the molecule is CN(C(=S)NC(=O)/C=C/c1ccc([N+](=O)[O-])cc1)c1ccccc1. The van der Waals surface area contributed by atoms with Crippen LogP contribution in [0.2, 0.25) is 0 Å². The summed E-state index contributed by atoms with van der Waals surface area (Å²) in [6.07, 6.45) is 2.89. The Morgan fingerprint density at radius 2 is 1.79 bits per heavy atom. The van der Waals surface area contributed by atoms with E-state index in [9.17, 15) is 14.9 Å². The number of hydrogen-bond acceptors (Lipinski definition) is 4. The number of nitrogens with one attached hydrogen (secondary N) is 1. The van der Waals surface area contributed by atoms with Crippen LogP contribution in [0, 0.1) is 10.1 Å². The number of nitro benzene ring substituents is 1. The largest absolute Gasteiger partial charge is 0.322 e. The molecule has 0 unspecified atom stereocenters. The Bertz CT molecular complexity index is 773. The highest BCUT2D eigenvalue weighted by atomic mass is 32.1. The fourth-order valence-corrected chi connectivity index (χ4v) is 2.08. The summed E-state index contributed by atoms with van der Waals surface area (Å²) >= 11 is 5.20. The first-order chi connectivity index (χ1) is 11.5. The van der Waals surface area contributed by atoms with E-state index < -0.39 is 4.92 Å². The van der Waals surface area contributed by atoms with E-state index in [2.05, 4.69) is 5.32 Å². The molecule has 7 heteroatoms. The average molecular weight is 341 g/mol. The summed E-state index contributed by atoms with van der Waals surface area (Å²) in [4.78, 5) is 23.7. The lowest BCUT2D eigenvalue weighted by Crippen LogP contribution is -2.39. The molecule has 0 bridgehead atoms. The molecule has 24 heavy (non-hydrogen) atoms.